The van der Waals surface area contributed by atoms with E-state index in [0.29, 0.717) is 12.1 Å². The Morgan fingerprint density at radius 2 is 1.90 bits per heavy atom. The molecule has 0 spiro atoms. The lowest BCUT2D eigenvalue weighted by molar-refractivity contribution is -0.132. The first-order chi connectivity index (χ1) is 9.17. The highest BCUT2D eigenvalue weighted by molar-refractivity contribution is 7.89. The van der Waals surface area contributed by atoms with E-state index < -0.39 is 29.2 Å². The maximum Gasteiger partial charge on any atom is 0.390 e. The van der Waals surface area contributed by atoms with Crippen LogP contribution in [0.5, 0.6) is 0 Å². The molecule has 1 aromatic rings. The van der Waals surface area contributed by atoms with E-state index in [1.807, 2.05) is 4.72 Å². The van der Waals surface area contributed by atoms with Crippen molar-refractivity contribution >= 4 is 10.0 Å². The zero-order chi connectivity index (χ0) is 15.4. The molecular formula is C12H17F3N2O2S. The summed E-state index contributed by atoms with van der Waals surface area (Å²) >= 11 is 0. The van der Waals surface area contributed by atoms with Gasteiger partial charge in [-0.2, -0.15) is 13.2 Å². The van der Waals surface area contributed by atoms with E-state index in [4.69, 9.17) is 0 Å². The fourth-order valence-electron chi connectivity index (χ4n) is 1.74. The Morgan fingerprint density at radius 1 is 1.25 bits per heavy atom. The summed E-state index contributed by atoms with van der Waals surface area (Å²) in [6.45, 7) is 1.45. The number of benzene rings is 1. The Labute approximate surface area is 116 Å². The van der Waals surface area contributed by atoms with Crippen molar-refractivity contribution in [3.63, 3.8) is 0 Å². The van der Waals surface area contributed by atoms with E-state index in [9.17, 15) is 21.6 Å². The number of halogens is 3. The third-order valence-corrected chi connectivity index (χ3v) is 4.36. The van der Waals surface area contributed by atoms with Crippen LogP contribution in [0.3, 0.4) is 0 Å². The molecule has 0 amide bonds. The highest BCUT2D eigenvalue weighted by Gasteiger charge is 2.28. The first kappa shape index (κ1) is 16.9. The zero-order valence-electron chi connectivity index (χ0n) is 11.2. The molecule has 0 atom stereocenters. The van der Waals surface area contributed by atoms with Crippen LogP contribution in [0, 0.1) is 6.92 Å². The van der Waals surface area contributed by atoms with E-state index in [2.05, 4.69) is 5.32 Å². The third kappa shape index (κ3) is 4.77. The Balaban J connectivity index is 2.90. The molecular weight excluding hydrogens is 293 g/mol. The highest BCUT2D eigenvalue weighted by atomic mass is 32.2. The smallest absolute Gasteiger partial charge is 0.316 e. The average molecular weight is 310 g/mol. The maximum absolute atomic E-state index is 12.0. The van der Waals surface area contributed by atoms with Gasteiger partial charge in [0.1, 0.15) is 0 Å². The fourth-order valence-corrected chi connectivity index (χ4v) is 3.06. The van der Waals surface area contributed by atoms with E-state index in [-0.39, 0.29) is 4.90 Å². The van der Waals surface area contributed by atoms with Crippen LogP contribution >= 0.6 is 0 Å². The molecule has 0 radical (unpaired) electrons. The SMILES string of the molecule is CNCc1cccc(S(=O)(=O)NCCC(F)(F)F)c1C. The molecule has 0 fully saturated rings. The monoisotopic (exact) mass is 310 g/mol. The van der Waals surface area contributed by atoms with Gasteiger partial charge in [-0.05, 0) is 31.2 Å². The molecule has 1 rings (SSSR count). The molecule has 0 bridgehead atoms. The van der Waals surface area contributed by atoms with Gasteiger partial charge in [-0.25, -0.2) is 13.1 Å². The van der Waals surface area contributed by atoms with Crippen molar-refractivity contribution in [3.05, 3.63) is 29.3 Å². The van der Waals surface area contributed by atoms with Crippen LogP contribution in [0.4, 0.5) is 13.2 Å². The number of alkyl halides is 3. The predicted molar refractivity (Wildman–Crippen MR) is 69.8 cm³/mol. The summed E-state index contributed by atoms with van der Waals surface area (Å²) in [5.74, 6) is 0. The third-order valence-electron chi connectivity index (χ3n) is 2.75. The molecule has 0 unspecified atom stereocenters. The fraction of sp³-hybridized carbons (Fsp3) is 0.500. The molecule has 0 heterocycles. The summed E-state index contributed by atoms with van der Waals surface area (Å²) in [5, 5.41) is 2.90. The van der Waals surface area contributed by atoms with E-state index in [1.165, 1.54) is 6.07 Å². The van der Waals surface area contributed by atoms with Crippen molar-refractivity contribution in [2.75, 3.05) is 13.6 Å². The molecule has 2 N–H and O–H groups in total. The molecule has 0 saturated heterocycles. The Bertz CT molecular complexity index is 556. The van der Waals surface area contributed by atoms with Gasteiger partial charge in [0.05, 0.1) is 11.3 Å². The summed E-state index contributed by atoms with van der Waals surface area (Å²) in [4.78, 5) is 0.00687. The number of nitrogens with one attached hydrogen (secondary N) is 2. The van der Waals surface area contributed by atoms with Crippen molar-refractivity contribution < 1.29 is 21.6 Å². The van der Waals surface area contributed by atoms with Gasteiger partial charge in [0.15, 0.2) is 0 Å². The molecule has 0 aliphatic carbocycles. The summed E-state index contributed by atoms with van der Waals surface area (Å²) < 4.78 is 62.1. The Hall–Kier alpha value is -1.12. The molecule has 20 heavy (non-hydrogen) atoms. The zero-order valence-corrected chi connectivity index (χ0v) is 12.0. The Kier molecular flexibility index (Phi) is 5.55. The van der Waals surface area contributed by atoms with Gasteiger partial charge < -0.3 is 5.32 Å². The van der Waals surface area contributed by atoms with Gasteiger partial charge in [-0.15, -0.1) is 0 Å². The number of hydrogen-bond acceptors (Lipinski definition) is 3. The molecule has 8 heteroatoms. The second-order valence-electron chi connectivity index (χ2n) is 4.33. The van der Waals surface area contributed by atoms with E-state index in [1.54, 1.807) is 26.1 Å². The van der Waals surface area contributed by atoms with Crippen molar-refractivity contribution in [3.8, 4) is 0 Å². The number of sulfonamides is 1. The van der Waals surface area contributed by atoms with Crippen LogP contribution in [-0.4, -0.2) is 28.2 Å². The summed E-state index contributed by atoms with van der Waals surface area (Å²) in [6.07, 6.45) is -5.58. The van der Waals surface area contributed by atoms with Gasteiger partial charge >= 0.3 is 6.18 Å². The molecule has 0 saturated carbocycles. The van der Waals surface area contributed by atoms with Crippen molar-refractivity contribution in [2.45, 2.75) is 31.0 Å². The lowest BCUT2D eigenvalue weighted by Crippen LogP contribution is -2.28. The first-order valence-electron chi connectivity index (χ1n) is 5.97. The lowest BCUT2D eigenvalue weighted by atomic mass is 10.1. The summed E-state index contributed by atoms with van der Waals surface area (Å²) in [6, 6.07) is 4.71. The molecule has 0 aliphatic heterocycles. The van der Waals surface area contributed by atoms with Gasteiger partial charge in [0.25, 0.3) is 0 Å². The second-order valence-corrected chi connectivity index (χ2v) is 6.07. The normalized spacial score (nSPS) is 12.7. The van der Waals surface area contributed by atoms with Crippen molar-refractivity contribution in [2.24, 2.45) is 0 Å². The van der Waals surface area contributed by atoms with E-state index in [0.717, 1.165) is 5.56 Å². The van der Waals surface area contributed by atoms with Crippen LogP contribution < -0.4 is 10.0 Å². The first-order valence-corrected chi connectivity index (χ1v) is 7.45. The largest absolute Gasteiger partial charge is 0.390 e. The average Bonchev–Trinajstić information content (AvgIpc) is 2.29. The molecule has 4 nitrogen and oxygen atoms in total. The van der Waals surface area contributed by atoms with Crippen LogP contribution in [0.1, 0.15) is 17.5 Å². The standard InChI is InChI=1S/C12H17F3N2O2S/c1-9-10(8-16-2)4-3-5-11(9)20(18,19)17-7-6-12(13,14)15/h3-5,16-17H,6-8H2,1-2H3. The molecule has 114 valence electrons. The Morgan fingerprint density at radius 3 is 2.45 bits per heavy atom. The molecule has 1 aromatic carbocycles. The minimum Gasteiger partial charge on any atom is -0.316 e. The van der Waals surface area contributed by atoms with E-state index >= 15 is 0 Å². The predicted octanol–water partition coefficient (Wildman–Crippen LogP) is 1.95. The summed E-state index contributed by atoms with van der Waals surface area (Å²) in [7, 11) is -2.21. The van der Waals surface area contributed by atoms with Gasteiger partial charge in [-0.3, -0.25) is 0 Å². The van der Waals surface area contributed by atoms with Crippen LogP contribution in [-0.2, 0) is 16.6 Å². The van der Waals surface area contributed by atoms with Gasteiger partial charge in [-0.1, -0.05) is 12.1 Å². The minimum atomic E-state index is -4.38. The molecule has 0 aromatic heterocycles. The van der Waals surface area contributed by atoms with Crippen molar-refractivity contribution in [1.82, 2.24) is 10.0 Å². The lowest BCUT2D eigenvalue weighted by Gasteiger charge is -2.13. The maximum atomic E-state index is 12.0. The number of rotatable bonds is 6. The number of hydrogen-bond donors (Lipinski definition) is 2. The minimum absolute atomic E-state index is 0.00687. The molecule has 0 aliphatic rings. The highest BCUT2D eigenvalue weighted by Crippen LogP contribution is 2.21. The van der Waals surface area contributed by atoms with Crippen LogP contribution in [0.2, 0.25) is 0 Å². The van der Waals surface area contributed by atoms with Gasteiger partial charge in [0, 0.05) is 13.1 Å². The van der Waals surface area contributed by atoms with Crippen LogP contribution in [0.25, 0.3) is 0 Å². The quantitative estimate of drug-likeness (QED) is 0.844. The van der Waals surface area contributed by atoms with Crippen molar-refractivity contribution in [1.29, 1.82) is 0 Å². The van der Waals surface area contributed by atoms with Crippen LogP contribution in [0.15, 0.2) is 23.1 Å². The topological polar surface area (TPSA) is 58.2 Å². The second kappa shape index (κ2) is 6.55. The van der Waals surface area contributed by atoms with Gasteiger partial charge in [0.2, 0.25) is 10.0 Å². The summed E-state index contributed by atoms with van der Waals surface area (Å²) in [5.41, 5.74) is 1.31.